The van der Waals surface area contributed by atoms with Crippen LogP contribution in [-0.2, 0) is 4.79 Å². The van der Waals surface area contributed by atoms with Crippen LogP contribution in [0.5, 0.6) is 5.75 Å². The summed E-state index contributed by atoms with van der Waals surface area (Å²) in [5, 5.41) is 21.4. The Balaban J connectivity index is 1.71. The van der Waals surface area contributed by atoms with Crippen LogP contribution in [0.25, 0.3) is 0 Å². The van der Waals surface area contributed by atoms with Crippen LogP contribution in [0, 0.1) is 11.1 Å². The van der Waals surface area contributed by atoms with E-state index in [1.54, 1.807) is 35.3 Å². The van der Waals surface area contributed by atoms with Gasteiger partial charge in [0.2, 0.25) is 0 Å². The van der Waals surface area contributed by atoms with E-state index in [-0.39, 0.29) is 17.7 Å². The van der Waals surface area contributed by atoms with Crippen molar-refractivity contribution in [1.29, 1.82) is 0 Å². The number of hydrazone groups is 1. The van der Waals surface area contributed by atoms with E-state index in [1.165, 1.54) is 0 Å². The highest BCUT2D eigenvalue weighted by Crippen LogP contribution is 2.42. The van der Waals surface area contributed by atoms with Gasteiger partial charge in [0.25, 0.3) is 0 Å². The molecule has 7 nitrogen and oxygen atoms in total. The second-order valence-corrected chi connectivity index (χ2v) is 8.96. The van der Waals surface area contributed by atoms with E-state index in [2.05, 4.69) is 5.10 Å². The average molecular weight is 477 g/mol. The third-order valence-corrected chi connectivity index (χ3v) is 6.61. The topological polar surface area (TPSA) is 72.6 Å². The van der Waals surface area contributed by atoms with Crippen molar-refractivity contribution in [2.45, 2.75) is 32.2 Å². The van der Waals surface area contributed by atoms with Crippen LogP contribution in [0.1, 0.15) is 37.8 Å². The molecule has 1 amide bonds. The van der Waals surface area contributed by atoms with E-state index in [1.807, 2.05) is 31.2 Å². The molecule has 1 fully saturated rings. The van der Waals surface area contributed by atoms with Crippen LogP contribution in [0.3, 0.4) is 0 Å². The standard InChI is InChI=1S/C23H26Cl2N4O3/c1-15-21(23(30)29(31)27-12-4-3-5-13-27)26-28(20-11-8-17(24)14-19(20)25)22(15)16-6-9-18(32-2)10-7-16/h6-11,14-15,22,29H,3-5,12-13H2,1-2H3/t15-,22+/m1/s1. The van der Waals surface area contributed by atoms with Crippen molar-refractivity contribution in [1.82, 2.24) is 5.01 Å². The molecule has 0 aromatic heterocycles. The number of anilines is 1. The van der Waals surface area contributed by atoms with Gasteiger partial charge in [0, 0.05) is 24.0 Å². The smallest absolute Gasteiger partial charge is 0.380 e. The number of piperidine rings is 1. The predicted octanol–water partition coefficient (Wildman–Crippen LogP) is 3.87. The number of benzene rings is 2. The molecule has 0 bridgehead atoms. The fourth-order valence-electron chi connectivity index (χ4n) is 4.33. The second-order valence-electron chi connectivity index (χ2n) is 8.11. The van der Waals surface area contributed by atoms with Gasteiger partial charge < -0.3 is 9.94 Å². The molecule has 2 aliphatic rings. The molecular weight excluding hydrogens is 451 g/mol. The van der Waals surface area contributed by atoms with Gasteiger partial charge in [-0.2, -0.15) is 5.10 Å². The Kier molecular flexibility index (Phi) is 7.02. The molecule has 2 aromatic carbocycles. The summed E-state index contributed by atoms with van der Waals surface area (Å²) in [6.45, 7) is 3.14. The Morgan fingerprint density at radius 3 is 2.44 bits per heavy atom. The SMILES string of the molecule is COc1ccc([C@@H]2[C@H](C)C(C(=O)[NH+]([O-])N3CCCCC3)=NN2c2ccc(Cl)cc2Cl)cc1. The Labute approximate surface area is 197 Å². The first-order valence-corrected chi connectivity index (χ1v) is 11.5. The lowest BCUT2D eigenvalue weighted by atomic mass is 9.91. The summed E-state index contributed by atoms with van der Waals surface area (Å²) in [5.41, 5.74) is 1.80. The number of nitrogens with one attached hydrogen (secondary N) is 1. The lowest BCUT2D eigenvalue weighted by molar-refractivity contribution is -0.897. The minimum Gasteiger partial charge on any atom is -0.605 e. The molecule has 3 atom stereocenters. The maximum Gasteiger partial charge on any atom is 0.380 e. The third-order valence-electron chi connectivity index (χ3n) is 6.07. The van der Waals surface area contributed by atoms with Crippen molar-refractivity contribution in [3.05, 3.63) is 63.3 Å². The molecule has 32 heavy (non-hydrogen) atoms. The Bertz CT molecular complexity index is 1010. The van der Waals surface area contributed by atoms with E-state index in [9.17, 15) is 10.0 Å². The molecule has 0 aliphatic carbocycles. The summed E-state index contributed by atoms with van der Waals surface area (Å²) in [6, 6.07) is 12.4. The van der Waals surface area contributed by atoms with Crippen LogP contribution < -0.4 is 14.9 Å². The molecule has 2 aliphatic heterocycles. The average Bonchev–Trinajstić information content (AvgIpc) is 3.15. The van der Waals surface area contributed by atoms with Crippen molar-refractivity contribution < 1.29 is 14.7 Å². The molecule has 170 valence electrons. The number of rotatable bonds is 5. The van der Waals surface area contributed by atoms with Crippen LogP contribution in [0.4, 0.5) is 5.69 Å². The number of carbonyl (C=O) groups excluding carboxylic acids is 1. The van der Waals surface area contributed by atoms with Crippen LogP contribution >= 0.6 is 23.2 Å². The van der Waals surface area contributed by atoms with Crippen LogP contribution in [0.15, 0.2) is 47.6 Å². The first-order chi connectivity index (χ1) is 15.4. The van der Waals surface area contributed by atoms with Gasteiger partial charge in [-0.25, -0.2) is 9.97 Å². The fraction of sp³-hybridized carbons (Fsp3) is 0.391. The van der Waals surface area contributed by atoms with Gasteiger partial charge in [0.05, 0.1) is 23.9 Å². The number of hydroxylamine groups is 1. The van der Waals surface area contributed by atoms with Gasteiger partial charge in [0.1, 0.15) is 5.75 Å². The zero-order chi connectivity index (χ0) is 22.8. The molecule has 2 heterocycles. The third kappa shape index (κ3) is 4.49. The Morgan fingerprint density at radius 2 is 1.81 bits per heavy atom. The maximum absolute atomic E-state index is 13.2. The number of hydrogen-bond donors (Lipinski definition) is 1. The lowest BCUT2D eigenvalue weighted by Gasteiger charge is -2.34. The highest BCUT2D eigenvalue weighted by molar-refractivity contribution is 6.38. The summed E-state index contributed by atoms with van der Waals surface area (Å²) >= 11 is 12.6. The lowest BCUT2D eigenvalue weighted by Crippen LogP contribution is -3.17. The quantitative estimate of drug-likeness (QED) is 0.663. The number of ether oxygens (including phenoxy) is 1. The monoisotopic (exact) mass is 476 g/mol. The zero-order valence-corrected chi connectivity index (χ0v) is 19.6. The summed E-state index contributed by atoms with van der Waals surface area (Å²) in [6.07, 6.45) is 2.92. The van der Waals surface area contributed by atoms with Crippen LogP contribution in [-0.4, -0.2) is 36.8 Å². The van der Waals surface area contributed by atoms with E-state index < -0.39 is 11.1 Å². The van der Waals surface area contributed by atoms with Gasteiger partial charge in [0.15, 0.2) is 5.71 Å². The van der Waals surface area contributed by atoms with Crippen molar-refractivity contribution in [3.8, 4) is 5.75 Å². The Hall–Kier alpha value is -2.16. The molecule has 1 saturated heterocycles. The highest BCUT2D eigenvalue weighted by Gasteiger charge is 2.43. The number of methoxy groups -OCH3 is 1. The van der Waals surface area contributed by atoms with Crippen LogP contribution in [0.2, 0.25) is 10.0 Å². The molecule has 4 rings (SSSR count). The maximum atomic E-state index is 13.2. The van der Waals surface area contributed by atoms with E-state index in [4.69, 9.17) is 27.9 Å². The van der Waals surface area contributed by atoms with Crippen molar-refractivity contribution in [3.63, 3.8) is 0 Å². The number of hydrogen-bond acceptors (Lipinski definition) is 6. The van der Waals surface area contributed by atoms with E-state index in [0.717, 1.165) is 30.6 Å². The van der Waals surface area contributed by atoms with Crippen molar-refractivity contribution in [2.75, 3.05) is 25.2 Å². The van der Waals surface area contributed by atoms with E-state index >= 15 is 0 Å². The Morgan fingerprint density at radius 1 is 1.12 bits per heavy atom. The summed E-state index contributed by atoms with van der Waals surface area (Å²) in [4.78, 5) is 13.2. The molecule has 0 radical (unpaired) electrons. The second kappa shape index (κ2) is 9.77. The fourth-order valence-corrected chi connectivity index (χ4v) is 4.83. The van der Waals surface area contributed by atoms with Gasteiger partial charge >= 0.3 is 5.91 Å². The number of quaternary nitrogens is 1. The molecule has 0 spiro atoms. The van der Waals surface area contributed by atoms with E-state index in [0.29, 0.717) is 28.8 Å². The molecule has 2 aromatic rings. The van der Waals surface area contributed by atoms with Crippen molar-refractivity contribution in [2.24, 2.45) is 11.0 Å². The van der Waals surface area contributed by atoms with Crippen molar-refractivity contribution >= 4 is 40.5 Å². The minimum absolute atomic E-state index is 0.243. The molecule has 1 unspecified atom stereocenters. The largest absolute Gasteiger partial charge is 0.605 e. The van der Waals surface area contributed by atoms with Gasteiger partial charge in [-0.15, -0.1) is 5.01 Å². The normalized spacial score (nSPS) is 22.5. The minimum atomic E-state index is -0.550. The molecule has 1 N–H and O–H groups in total. The van der Waals surface area contributed by atoms with Gasteiger partial charge in [-0.1, -0.05) is 48.7 Å². The number of halogens is 2. The zero-order valence-electron chi connectivity index (χ0n) is 18.1. The highest BCUT2D eigenvalue weighted by atomic mass is 35.5. The molecule has 0 saturated carbocycles. The number of amides is 1. The first kappa shape index (κ1) is 23.0. The number of carbonyl (C=O) groups is 1. The first-order valence-electron chi connectivity index (χ1n) is 10.7. The molecule has 9 heteroatoms. The van der Waals surface area contributed by atoms with Gasteiger partial charge in [-0.05, 0) is 48.7 Å². The summed E-state index contributed by atoms with van der Waals surface area (Å²) < 4.78 is 5.28. The summed E-state index contributed by atoms with van der Waals surface area (Å²) in [5.74, 6) is -0.144. The molecular formula is C23H26Cl2N4O3. The number of nitrogens with zero attached hydrogens (tertiary/aromatic N) is 3. The predicted molar refractivity (Wildman–Crippen MR) is 126 cm³/mol. The van der Waals surface area contributed by atoms with Gasteiger partial charge in [-0.3, -0.25) is 5.01 Å². The summed E-state index contributed by atoms with van der Waals surface area (Å²) in [7, 11) is 1.61.